The highest BCUT2D eigenvalue weighted by Gasteiger charge is 2.20. The number of phosphoric ester groups is 1. The van der Waals surface area contributed by atoms with Gasteiger partial charge in [-0.15, -0.1) is 0 Å². The van der Waals surface area contributed by atoms with Crippen molar-refractivity contribution in [2.45, 2.75) is 13.8 Å². The Hall–Kier alpha value is -0.810. The Morgan fingerprint density at radius 3 is 1.71 bits per heavy atom. The van der Waals surface area contributed by atoms with Crippen LogP contribution < -0.4 is 0 Å². The topological polar surface area (TPSA) is 74.2 Å². The minimum atomic E-state index is -4.00. The van der Waals surface area contributed by atoms with Gasteiger partial charge in [0.25, 0.3) is 0 Å². The molecular formula is C10H19O6P. The van der Waals surface area contributed by atoms with Crippen LogP contribution in [0, 0.1) is 0 Å². The molecule has 0 radical (unpaired) electrons. The molecule has 0 bridgehead atoms. The first-order valence-electron chi connectivity index (χ1n) is 5.20. The minimum absolute atomic E-state index is 0.0200. The van der Waals surface area contributed by atoms with Crippen LogP contribution in [0.3, 0.4) is 0 Å². The van der Waals surface area contributed by atoms with E-state index < -0.39 is 7.82 Å². The molecule has 17 heavy (non-hydrogen) atoms. The van der Waals surface area contributed by atoms with Crippen LogP contribution in [0.25, 0.3) is 0 Å². The predicted molar refractivity (Wildman–Crippen MR) is 63.3 cm³/mol. The molecule has 0 aliphatic carbocycles. The number of allylic oxidation sites excluding steroid dienone is 2. The highest BCUT2D eigenvalue weighted by molar-refractivity contribution is 7.47. The lowest BCUT2D eigenvalue weighted by Gasteiger charge is -2.11. The molecule has 0 aromatic rings. The maximum Gasteiger partial charge on any atom is 0.472 e. The molecule has 100 valence electrons. The van der Waals surface area contributed by atoms with E-state index in [-0.39, 0.29) is 26.4 Å². The summed E-state index contributed by atoms with van der Waals surface area (Å²) in [4.78, 5) is 9.19. The fourth-order valence-corrected chi connectivity index (χ4v) is 1.45. The summed E-state index contributed by atoms with van der Waals surface area (Å²) in [6, 6.07) is 0. The zero-order chi connectivity index (χ0) is 13.0. The lowest BCUT2D eigenvalue weighted by molar-refractivity contribution is 0.0987. The molecule has 0 aliphatic heterocycles. The van der Waals surface area contributed by atoms with Crippen LogP contribution in [0.5, 0.6) is 0 Å². The lowest BCUT2D eigenvalue weighted by Crippen LogP contribution is -2.05. The summed E-state index contributed by atoms with van der Waals surface area (Å²) < 4.78 is 30.3. The second kappa shape index (κ2) is 10.4. The molecule has 0 aliphatic rings. The van der Waals surface area contributed by atoms with Gasteiger partial charge < -0.3 is 14.4 Å². The number of ether oxygens (including phenoxy) is 2. The molecule has 0 aromatic heterocycles. The van der Waals surface area contributed by atoms with Gasteiger partial charge in [0.1, 0.15) is 13.2 Å². The average molecular weight is 266 g/mol. The molecule has 0 fully saturated rings. The van der Waals surface area contributed by atoms with E-state index in [0.717, 1.165) is 0 Å². The van der Waals surface area contributed by atoms with Crippen molar-refractivity contribution in [2.24, 2.45) is 0 Å². The first kappa shape index (κ1) is 16.2. The summed E-state index contributed by atoms with van der Waals surface area (Å²) in [7, 11) is -4.00. The van der Waals surface area contributed by atoms with Gasteiger partial charge in [0, 0.05) is 0 Å². The van der Waals surface area contributed by atoms with Crippen molar-refractivity contribution in [3.63, 3.8) is 0 Å². The first-order valence-corrected chi connectivity index (χ1v) is 6.69. The molecule has 1 N–H and O–H groups in total. The fourth-order valence-electron chi connectivity index (χ4n) is 0.767. The molecule has 0 spiro atoms. The normalized spacial score (nSPS) is 15.2. The largest absolute Gasteiger partial charge is 0.499 e. The van der Waals surface area contributed by atoms with E-state index in [1.165, 1.54) is 12.5 Å². The Kier molecular flexibility index (Phi) is 9.86. The summed E-state index contributed by atoms with van der Waals surface area (Å²) in [6.07, 6.45) is 6.34. The molecule has 6 nitrogen and oxygen atoms in total. The van der Waals surface area contributed by atoms with E-state index in [1.807, 2.05) is 0 Å². The van der Waals surface area contributed by atoms with Crippen LogP contribution >= 0.6 is 7.82 Å². The van der Waals surface area contributed by atoms with Crippen LogP contribution in [0.4, 0.5) is 0 Å². The SMILES string of the molecule is CC=COCCOP(=O)(O)OCCOC=CC. The third-order valence-corrected chi connectivity index (χ3v) is 2.39. The second-order valence-corrected chi connectivity index (χ2v) is 4.27. The van der Waals surface area contributed by atoms with Crippen molar-refractivity contribution < 1.29 is 28.0 Å². The zero-order valence-corrected chi connectivity index (χ0v) is 11.0. The van der Waals surface area contributed by atoms with Crippen molar-refractivity contribution in [2.75, 3.05) is 26.4 Å². The smallest absolute Gasteiger partial charge is 0.472 e. The number of hydrogen-bond donors (Lipinski definition) is 1. The van der Waals surface area contributed by atoms with E-state index in [2.05, 4.69) is 9.05 Å². The molecule has 0 saturated carbocycles. The van der Waals surface area contributed by atoms with Crippen LogP contribution in [0.1, 0.15) is 13.8 Å². The van der Waals surface area contributed by atoms with Crippen molar-refractivity contribution in [3.05, 3.63) is 24.7 Å². The molecule has 0 atom stereocenters. The standard InChI is InChI=1S/C10H19O6P/c1-3-5-13-7-9-15-17(11,12)16-10-8-14-6-4-2/h3-6H,7-10H2,1-2H3,(H,11,12). The fraction of sp³-hybridized carbons (Fsp3) is 0.600. The molecule has 0 saturated heterocycles. The van der Waals surface area contributed by atoms with Crippen molar-refractivity contribution >= 4 is 7.82 Å². The van der Waals surface area contributed by atoms with Gasteiger partial charge >= 0.3 is 7.82 Å². The van der Waals surface area contributed by atoms with Gasteiger partial charge in [-0.3, -0.25) is 9.05 Å². The first-order chi connectivity index (χ1) is 8.12. The van der Waals surface area contributed by atoms with Gasteiger partial charge in [0.15, 0.2) is 0 Å². The van der Waals surface area contributed by atoms with Gasteiger partial charge in [0.2, 0.25) is 0 Å². The Morgan fingerprint density at radius 1 is 0.941 bits per heavy atom. The molecular weight excluding hydrogens is 247 g/mol. The van der Waals surface area contributed by atoms with Gasteiger partial charge in [-0.05, 0) is 13.8 Å². The Morgan fingerprint density at radius 2 is 1.35 bits per heavy atom. The molecule has 0 heterocycles. The number of rotatable bonds is 10. The van der Waals surface area contributed by atoms with Gasteiger partial charge in [-0.2, -0.15) is 0 Å². The third-order valence-electron chi connectivity index (χ3n) is 1.38. The van der Waals surface area contributed by atoms with Gasteiger partial charge in [-0.1, -0.05) is 12.2 Å². The summed E-state index contributed by atoms with van der Waals surface area (Å²) in [6.45, 7) is 3.93. The molecule has 0 aromatic carbocycles. The van der Waals surface area contributed by atoms with Crippen molar-refractivity contribution in [1.82, 2.24) is 0 Å². The maximum absolute atomic E-state index is 11.2. The molecule has 0 amide bonds. The van der Waals surface area contributed by atoms with E-state index in [0.29, 0.717) is 0 Å². The maximum atomic E-state index is 11.2. The summed E-state index contributed by atoms with van der Waals surface area (Å²) in [5.41, 5.74) is 0. The second-order valence-electron chi connectivity index (χ2n) is 2.82. The van der Waals surface area contributed by atoms with Crippen LogP contribution in [0.15, 0.2) is 24.7 Å². The molecule has 7 heteroatoms. The predicted octanol–water partition coefficient (Wildman–Crippen LogP) is 2.22. The van der Waals surface area contributed by atoms with Crippen molar-refractivity contribution in [1.29, 1.82) is 0 Å². The van der Waals surface area contributed by atoms with E-state index >= 15 is 0 Å². The Labute approximate surface area is 101 Å². The van der Waals surface area contributed by atoms with Crippen LogP contribution in [-0.4, -0.2) is 31.3 Å². The quantitative estimate of drug-likeness (QED) is 0.371. The highest BCUT2D eigenvalue weighted by Crippen LogP contribution is 2.42. The number of phosphoric acid groups is 1. The Balaban J connectivity index is 3.54. The zero-order valence-electron chi connectivity index (χ0n) is 10.1. The summed E-state index contributed by atoms with van der Waals surface area (Å²) in [5.74, 6) is 0. The van der Waals surface area contributed by atoms with Gasteiger partial charge in [0.05, 0.1) is 25.7 Å². The Bertz CT molecular complexity index is 252. The van der Waals surface area contributed by atoms with E-state index in [9.17, 15) is 9.46 Å². The highest BCUT2D eigenvalue weighted by atomic mass is 31.2. The van der Waals surface area contributed by atoms with Crippen LogP contribution in [0.2, 0.25) is 0 Å². The number of hydrogen-bond acceptors (Lipinski definition) is 5. The molecule has 0 unspecified atom stereocenters. The third kappa shape index (κ3) is 11.5. The van der Waals surface area contributed by atoms with Crippen LogP contribution in [-0.2, 0) is 23.1 Å². The summed E-state index contributed by atoms with van der Waals surface area (Å²) >= 11 is 0. The van der Waals surface area contributed by atoms with E-state index in [1.54, 1.807) is 26.0 Å². The minimum Gasteiger partial charge on any atom is -0.499 e. The average Bonchev–Trinajstić information content (AvgIpc) is 2.28. The van der Waals surface area contributed by atoms with Gasteiger partial charge in [-0.25, -0.2) is 4.57 Å². The monoisotopic (exact) mass is 266 g/mol. The van der Waals surface area contributed by atoms with E-state index in [4.69, 9.17) is 9.47 Å². The van der Waals surface area contributed by atoms with Crippen molar-refractivity contribution in [3.8, 4) is 0 Å². The summed E-state index contributed by atoms with van der Waals surface area (Å²) in [5, 5.41) is 0. The molecule has 0 rings (SSSR count). The lowest BCUT2D eigenvalue weighted by atomic mass is 10.7.